The zero-order valence-corrected chi connectivity index (χ0v) is 21.7. The highest BCUT2D eigenvalue weighted by molar-refractivity contribution is 9.10. The van der Waals surface area contributed by atoms with Crippen LogP contribution in [0.4, 0.5) is 5.69 Å². The minimum Gasteiger partial charge on any atom is -0.454 e. The summed E-state index contributed by atoms with van der Waals surface area (Å²) in [6.45, 7) is 2.60. The Hall–Kier alpha value is -1.84. The molecule has 33 heavy (non-hydrogen) atoms. The van der Waals surface area contributed by atoms with Gasteiger partial charge in [0.05, 0.1) is 31.2 Å². The number of hydrogen-bond acceptors (Lipinski definition) is 5. The summed E-state index contributed by atoms with van der Waals surface area (Å²) < 4.78 is 5.94. The van der Waals surface area contributed by atoms with E-state index in [4.69, 9.17) is 51.1 Å². The van der Waals surface area contributed by atoms with Gasteiger partial charge in [0.2, 0.25) is 0 Å². The van der Waals surface area contributed by atoms with E-state index in [0.29, 0.717) is 10.6 Å². The lowest BCUT2D eigenvalue weighted by atomic mass is 10.0. The van der Waals surface area contributed by atoms with Crippen LogP contribution in [0.15, 0.2) is 28.7 Å². The number of esters is 1. The minimum atomic E-state index is -1.34. The third-order valence-electron chi connectivity index (χ3n) is 4.76. The molecule has 12 heteroatoms. The molecule has 0 radical (unpaired) electrons. The van der Waals surface area contributed by atoms with Gasteiger partial charge in [0.1, 0.15) is 6.04 Å². The SMILES string of the molecule is CC(C)[C@H](C(=O)OCC(=O)Nc1ccc(Br)cc1)N1C(=O)c2c(Cl)c(Cl)c(Cl)c(Cl)c2C1=O. The number of fused-ring (bicyclic) bond motifs is 1. The number of carbonyl (C=O) groups is 4. The lowest BCUT2D eigenvalue weighted by Crippen LogP contribution is -2.49. The smallest absolute Gasteiger partial charge is 0.330 e. The molecule has 0 fully saturated rings. The van der Waals surface area contributed by atoms with Gasteiger partial charge >= 0.3 is 5.97 Å². The van der Waals surface area contributed by atoms with Gasteiger partial charge in [-0.05, 0) is 30.2 Å². The third-order valence-corrected chi connectivity index (χ3v) is 7.09. The van der Waals surface area contributed by atoms with Crippen LogP contribution in [0.5, 0.6) is 0 Å². The normalized spacial score (nSPS) is 13.9. The molecule has 174 valence electrons. The number of halogens is 5. The number of benzene rings is 2. The van der Waals surface area contributed by atoms with Crippen molar-refractivity contribution in [1.82, 2.24) is 4.90 Å². The molecule has 2 aromatic carbocycles. The van der Waals surface area contributed by atoms with E-state index in [1.54, 1.807) is 38.1 Å². The molecule has 1 aliphatic rings. The largest absolute Gasteiger partial charge is 0.454 e. The highest BCUT2D eigenvalue weighted by Gasteiger charge is 2.48. The van der Waals surface area contributed by atoms with Gasteiger partial charge in [-0.15, -0.1) is 0 Å². The van der Waals surface area contributed by atoms with E-state index in [0.717, 1.165) is 4.47 Å². The first-order valence-corrected chi connectivity index (χ1v) is 11.7. The number of rotatable bonds is 6. The van der Waals surface area contributed by atoms with Crippen molar-refractivity contribution in [2.45, 2.75) is 19.9 Å². The van der Waals surface area contributed by atoms with Gasteiger partial charge in [-0.1, -0.05) is 76.2 Å². The number of anilines is 1. The summed E-state index contributed by atoms with van der Waals surface area (Å²) in [6.07, 6.45) is 0. The van der Waals surface area contributed by atoms with Crippen molar-refractivity contribution in [2.24, 2.45) is 5.92 Å². The lowest BCUT2D eigenvalue weighted by Gasteiger charge is -2.27. The van der Waals surface area contributed by atoms with Crippen LogP contribution in [0.1, 0.15) is 34.6 Å². The number of ether oxygens (including phenoxy) is 1. The molecule has 0 saturated carbocycles. The lowest BCUT2D eigenvalue weighted by molar-refractivity contribution is -0.152. The predicted molar refractivity (Wildman–Crippen MR) is 129 cm³/mol. The van der Waals surface area contributed by atoms with Crippen LogP contribution in [0.3, 0.4) is 0 Å². The highest BCUT2D eigenvalue weighted by atomic mass is 79.9. The second-order valence-corrected chi connectivity index (χ2v) is 9.77. The van der Waals surface area contributed by atoms with E-state index in [1.807, 2.05) is 0 Å². The Bertz CT molecular complexity index is 1120. The Balaban J connectivity index is 1.80. The molecule has 0 unspecified atom stereocenters. The molecule has 0 aromatic heterocycles. The summed E-state index contributed by atoms with van der Waals surface area (Å²) >= 11 is 27.6. The average Bonchev–Trinajstić information content (AvgIpc) is 3.01. The molecule has 0 aliphatic carbocycles. The molecule has 1 N–H and O–H groups in total. The zero-order valence-electron chi connectivity index (χ0n) is 17.0. The maximum atomic E-state index is 13.1. The predicted octanol–water partition coefficient (Wildman–Crippen LogP) is 5.87. The van der Waals surface area contributed by atoms with Crippen molar-refractivity contribution < 1.29 is 23.9 Å². The van der Waals surface area contributed by atoms with Gasteiger partial charge in [-0.2, -0.15) is 0 Å². The average molecular weight is 597 g/mol. The fourth-order valence-electron chi connectivity index (χ4n) is 3.25. The van der Waals surface area contributed by atoms with Gasteiger partial charge in [0.25, 0.3) is 17.7 Å². The molecule has 7 nitrogen and oxygen atoms in total. The van der Waals surface area contributed by atoms with Gasteiger partial charge < -0.3 is 10.1 Å². The molecule has 3 rings (SSSR count). The summed E-state index contributed by atoms with van der Waals surface area (Å²) in [5, 5.41) is 1.72. The molecule has 0 saturated heterocycles. The van der Waals surface area contributed by atoms with E-state index in [9.17, 15) is 19.2 Å². The molecule has 3 amide bonds. The fourth-order valence-corrected chi connectivity index (χ4v) is 4.53. The van der Waals surface area contributed by atoms with Gasteiger partial charge in [-0.25, -0.2) is 4.79 Å². The first-order chi connectivity index (χ1) is 15.5. The topological polar surface area (TPSA) is 92.8 Å². The summed E-state index contributed by atoms with van der Waals surface area (Å²) in [7, 11) is 0. The van der Waals surface area contributed by atoms with Crippen LogP contribution >= 0.6 is 62.3 Å². The maximum absolute atomic E-state index is 13.1. The standard InChI is InChI=1S/C21H15BrCl4N2O5/c1-8(2)18(21(32)33-7-11(29)27-10-5-3-9(22)4-6-10)28-19(30)12-13(20(28)31)15(24)17(26)16(25)14(12)23/h3-6,8,18H,7H2,1-2H3,(H,27,29)/t18-/m1/s1. The van der Waals surface area contributed by atoms with E-state index < -0.39 is 42.3 Å². The zero-order chi connectivity index (χ0) is 24.6. The molecule has 1 aliphatic heterocycles. The van der Waals surface area contributed by atoms with Gasteiger partial charge in [0.15, 0.2) is 6.61 Å². The van der Waals surface area contributed by atoms with Crippen LogP contribution in [0.25, 0.3) is 0 Å². The summed E-state index contributed by atoms with van der Waals surface area (Å²) in [5.41, 5.74) is 0.0121. The number of hydrogen-bond donors (Lipinski definition) is 1. The Morgan fingerprint density at radius 1 is 0.939 bits per heavy atom. The summed E-state index contributed by atoms with van der Waals surface area (Å²) in [4.78, 5) is 51.9. The first kappa shape index (κ1) is 25.8. The van der Waals surface area contributed by atoms with E-state index in [1.165, 1.54) is 0 Å². The summed E-state index contributed by atoms with van der Waals surface area (Å²) in [5.74, 6) is -3.83. The second-order valence-electron chi connectivity index (χ2n) is 7.34. The van der Waals surface area contributed by atoms with Crippen molar-refractivity contribution in [1.29, 1.82) is 0 Å². The molecular weight excluding hydrogens is 582 g/mol. The van der Waals surface area contributed by atoms with Crippen LogP contribution in [-0.2, 0) is 14.3 Å². The van der Waals surface area contributed by atoms with E-state index >= 15 is 0 Å². The molecule has 1 atom stereocenters. The minimum absolute atomic E-state index is 0.182. The maximum Gasteiger partial charge on any atom is 0.330 e. The summed E-state index contributed by atoms with van der Waals surface area (Å²) in [6, 6.07) is 5.43. The number of amides is 3. The molecule has 0 spiro atoms. The fraction of sp³-hybridized carbons (Fsp3) is 0.238. The molecule has 2 aromatic rings. The van der Waals surface area contributed by atoms with Gasteiger partial charge in [0, 0.05) is 10.2 Å². The van der Waals surface area contributed by atoms with Crippen LogP contribution < -0.4 is 5.32 Å². The molecule has 1 heterocycles. The monoisotopic (exact) mass is 594 g/mol. The Kier molecular flexibility index (Phi) is 7.96. The van der Waals surface area contributed by atoms with Crippen molar-refractivity contribution in [2.75, 3.05) is 11.9 Å². The number of carbonyl (C=O) groups excluding carboxylic acids is 4. The van der Waals surface area contributed by atoms with Crippen LogP contribution in [-0.4, -0.2) is 41.2 Å². The Morgan fingerprint density at radius 3 is 1.88 bits per heavy atom. The molecule has 0 bridgehead atoms. The van der Waals surface area contributed by atoms with Crippen LogP contribution in [0.2, 0.25) is 20.1 Å². The van der Waals surface area contributed by atoms with E-state index in [2.05, 4.69) is 21.2 Å². The van der Waals surface area contributed by atoms with E-state index in [-0.39, 0.29) is 31.2 Å². The Morgan fingerprint density at radius 2 is 1.42 bits per heavy atom. The van der Waals surface area contributed by atoms with Crippen molar-refractivity contribution in [3.63, 3.8) is 0 Å². The molecular formula is C21H15BrCl4N2O5. The van der Waals surface area contributed by atoms with Crippen molar-refractivity contribution >= 4 is 91.7 Å². The van der Waals surface area contributed by atoms with Crippen molar-refractivity contribution in [3.8, 4) is 0 Å². The number of nitrogens with zero attached hydrogens (tertiary/aromatic N) is 1. The highest BCUT2D eigenvalue weighted by Crippen LogP contribution is 2.45. The quantitative estimate of drug-likeness (QED) is 0.195. The van der Waals surface area contributed by atoms with Crippen molar-refractivity contribution in [3.05, 3.63) is 60.0 Å². The van der Waals surface area contributed by atoms with Gasteiger partial charge in [-0.3, -0.25) is 19.3 Å². The van der Waals surface area contributed by atoms with Crippen LogP contribution in [0, 0.1) is 5.92 Å². The Labute approximate surface area is 217 Å². The second kappa shape index (κ2) is 10.2. The number of imide groups is 1. The first-order valence-electron chi connectivity index (χ1n) is 9.41. The number of nitrogens with one attached hydrogen (secondary N) is 1. The third kappa shape index (κ3) is 5.00.